The number of amides is 1. The van der Waals surface area contributed by atoms with Gasteiger partial charge in [0.15, 0.2) is 6.61 Å². The predicted octanol–water partition coefficient (Wildman–Crippen LogP) is 2.88. The van der Waals surface area contributed by atoms with E-state index in [2.05, 4.69) is 5.32 Å². The van der Waals surface area contributed by atoms with Crippen LogP contribution in [0.1, 0.15) is 24.9 Å². The topological polar surface area (TPSA) is 73.9 Å². The summed E-state index contributed by atoms with van der Waals surface area (Å²) in [5.74, 6) is 0.605. The standard InChI is InChI=1S/C20H23NO5/c1-3-25-20(23)13-18(15-9-11-16(24-2)12-10-15)21-19(22)14-26-17-7-5-4-6-8-17/h4-12,18H,3,13-14H2,1-2H3,(H,21,22)/t18-/m0/s1. The van der Waals surface area contributed by atoms with Crippen LogP contribution in [0.25, 0.3) is 0 Å². The molecule has 0 aliphatic heterocycles. The maximum Gasteiger partial charge on any atom is 0.308 e. The van der Waals surface area contributed by atoms with Crippen LogP contribution in [0.2, 0.25) is 0 Å². The molecule has 1 atom stereocenters. The van der Waals surface area contributed by atoms with Gasteiger partial charge in [0.25, 0.3) is 5.91 Å². The van der Waals surface area contributed by atoms with E-state index in [0.29, 0.717) is 18.1 Å². The van der Waals surface area contributed by atoms with Gasteiger partial charge in [-0.15, -0.1) is 0 Å². The Labute approximate surface area is 153 Å². The largest absolute Gasteiger partial charge is 0.497 e. The summed E-state index contributed by atoms with van der Waals surface area (Å²) in [7, 11) is 1.58. The van der Waals surface area contributed by atoms with Gasteiger partial charge in [0.2, 0.25) is 0 Å². The van der Waals surface area contributed by atoms with Gasteiger partial charge in [-0.25, -0.2) is 0 Å². The van der Waals surface area contributed by atoms with Crippen LogP contribution in [0.4, 0.5) is 0 Å². The molecule has 26 heavy (non-hydrogen) atoms. The summed E-state index contributed by atoms with van der Waals surface area (Å²) in [5, 5.41) is 2.82. The Hall–Kier alpha value is -3.02. The van der Waals surface area contributed by atoms with E-state index in [9.17, 15) is 9.59 Å². The van der Waals surface area contributed by atoms with Crippen LogP contribution in [0.15, 0.2) is 54.6 Å². The number of benzene rings is 2. The Morgan fingerprint density at radius 3 is 2.31 bits per heavy atom. The highest BCUT2D eigenvalue weighted by atomic mass is 16.5. The first kappa shape index (κ1) is 19.3. The second-order valence-corrected chi connectivity index (χ2v) is 5.50. The minimum Gasteiger partial charge on any atom is -0.497 e. The molecular weight excluding hydrogens is 334 g/mol. The molecule has 138 valence electrons. The lowest BCUT2D eigenvalue weighted by Gasteiger charge is -2.19. The zero-order valence-corrected chi connectivity index (χ0v) is 14.9. The average Bonchev–Trinajstić information content (AvgIpc) is 2.67. The van der Waals surface area contributed by atoms with E-state index < -0.39 is 6.04 Å². The zero-order chi connectivity index (χ0) is 18.8. The van der Waals surface area contributed by atoms with Crippen LogP contribution in [0.5, 0.6) is 11.5 Å². The highest BCUT2D eigenvalue weighted by Gasteiger charge is 2.19. The molecule has 0 fully saturated rings. The molecular formula is C20H23NO5. The van der Waals surface area contributed by atoms with E-state index in [-0.39, 0.29) is 24.9 Å². The molecule has 0 spiro atoms. The summed E-state index contributed by atoms with van der Waals surface area (Å²) in [6.45, 7) is 1.89. The molecule has 2 aromatic carbocycles. The third kappa shape index (κ3) is 6.12. The number of para-hydroxylation sites is 1. The van der Waals surface area contributed by atoms with Gasteiger partial charge in [-0.3, -0.25) is 9.59 Å². The molecule has 0 aliphatic carbocycles. The van der Waals surface area contributed by atoms with Crippen LogP contribution in [-0.2, 0) is 14.3 Å². The lowest BCUT2D eigenvalue weighted by molar-refractivity contribution is -0.143. The van der Waals surface area contributed by atoms with Gasteiger partial charge < -0.3 is 19.5 Å². The van der Waals surface area contributed by atoms with Gasteiger partial charge in [-0.05, 0) is 36.8 Å². The highest BCUT2D eigenvalue weighted by molar-refractivity contribution is 5.79. The van der Waals surface area contributed by atoms with Gasteiger partial charge in [-0.1, -0.05) is 30.3 Å². The van der Waals surface area contributed by atoms with Crippen molar-refractivity contribution < 1.29 is 23.8 Å². The van der Waals surface area contributed by atoms with Crippen molar-refractivity contribution in [3.05, 3.63) is 60.2 Å². The molecule has 0 bridgehead atoms. The molecule has 2 rings (SSSR count). The first-order valence-electron chi connectivity index (χ1n) is 8.39. The van der Waals surface area contributed by atoms with Crippen molar-refractivity contribution in [3.8, 4) is 11.5 Å². The van der Waals surface area contributed by atoms with Crippen molar-refractivity contribution in [2.45, 2.75) is 19.4 Å². The van der Waals surface area contributed by atoms with Crippen molar-refractivity contribution in [1.82, 2.24) is 5.32 Å². The predicted molar refractivity (Wildman–Crippen MR) is 97.1 cm³/mol. The summed E-state index contributed by atoms with van der Waals surface area (Å²) in [5.41, 5.74) is 0.784. The highest BCUT2D eigenvalue weighted by Crippen LogP contribution is 2.21. The van der Waals surface area contributed by atoms with Crippen molar-refractivity contribution in [2.75, 3.05) is 20.3 Å². The lowest BCUT2D eigenvalue weighted by atomic mass is 10.0. The normalized spacial score (nSPS) is 11.3. The number of carbonyl (C=O) groups excluding carboxylic acids is 2. The van der Waals surface area contributed by atoms with Gasteiger partial charge in [0.1, 0.15) is 11.5 Å². The van der Waals surface area contributed by atoms with Crippen LogP contribution in [-0.4, -0.2) is 32.2 Å². The molecule has 0 aromatic heterocycles. The van der Waals surface area contributed by atoms with E-state index in [1.807, 2.05) is 18.2 Å². The summed E-state index contributed by atoms with van der Waals surface area (Å²) < 4.78 is 15.6. The van der Waals surface area contributed by atoms with E-state index in [1.54, 1.807) is 50.4 Å². The summed E-state index contributed by atoms with van der Waals surface area (Å²) in [6.07, 6.45) is 0.0389. The Morgan fingerprint density at radius 1 is 1.00 bits per heavy atom. The quantitative estimate of drug-likeness (QED) is 0.699. The molecule has 6 nitrogen and oxygen atoms in total. The molecule has 6 heteroatoms. The molecule has 0 unspecified atom stereocenters. The Balaban J connectivity index is 2.02. The molecule has 2 aromatic rings. The van der Waals surface area contributed by atoms with Gasteiger partial charge in [0, 0.05) is 0 Å². The number of hydrogen-bond acceptors (Lipinski definition) is 5. The summed E-state index contributed by atoms with van der Waals surface area (Å²) in [4.78, 5) is 24.1. The monoisotopic (exact) mass is 357 g/mol. The van der Waals surface area contributed by atoms with E-state index in [4.69, 9.17) is 14.2 Å². The SMILES string of the molecule is CCOC(=O)C[C@H](NC(=O)COc1ccccc1)c1ccc(OC)cc1. The second kappa shape index (κ2) is 10.1. The number of rotatable bonds is 9. The zero-order valence-electron chi connectivity index (χ0n) is 14.9. The number of esters is 1. The molecule has 1 N–H and O–H groups in total. The maximum atomic E-state index is 12.2. The fourth-order valence-electron chi connectivity index (χ4n) is 2.38. The van der Waals surface area contributed by atoms with Crippen LogP contribution >= 0.6 is 0 Å². The fourth-order valence-corrected chi connectivity index (χ4v) is 2.38. The molecule has 0 saturated heterocycles. The Bertz CT molecular complexity index is 700. The smallest absolute Gasteiger partial charge is 0.308 e. The van der Waals surface area contributed by atoms with Crippen molar-refractivity contribution >= 4 is 11.9 Å². The van der Waals surface area contributed by atoms with Crippen molar-refractivity contribution in [1.29, 1.82) is 0 Å². The molecule has 0 radical (unpaired) electrons. The third-order valence-electron chi connectivity index (χ3n) is 3.64. The van der Waals surface area contributed by atoms with E-state index >= 15 is 0 Å². The number of nitrogens with one attached hydrogen (secondary N) is 1. The van der Waals surface area contributed by atoms with Crippen molar-refractivity contribution in [2.24, 2.45) is 0 Å². The Kier molecular flexibility index (Phi) is 7.49. The minimum absolute atomic E-state index is 0.0389. The van der Waals surface area contributed by atoms with Gasteiger partial charge in [-0.2, -0.15) is 0 Å². The van der Waals surface area contributed by atoms with Crippen molar-refractivity contribution in [3.63, 3.8) is 0 Å². The minimum atomic E-state index is -0.508. The molecule has 1 amide bonds. The fraction of sp³-hybridized carbons (Fsp3) is 0.300. The second-order valence-electron chi connectivity index (χ2n) is 5.50. The number of methoxy groups -OCH3 is 1. The summed E-state index contributed by atoms with van der Waals surface area (Å²) >= 11 is 0. The van der Waals surface area contributed by atoms with Crippen LogP contribution in [0.3, 0.4) is 0 Å². The number of carbonyl (C=O) groups is 2. The number of hydrogen-bond donors (Lipinski definition) is 1. The average molecular weight is 357 g/mol. The molecule has 0 heterocycles. The first-order chi connectivity index (χ1) is 12.6. The number of ether oxygens (including phenoxy) is 3. The third-order valence-corrected chi connectivity index (χ3v) is 3.64. The van der Waals surface area contributed by atoms with E-state index in [1.165, 1.54) is 0 Å². The van der Waals surface area contributed by atoms with Gasteiger partial charge in [0.05, 0.1) is 26.2 Å². The summed E-state index contributed by atoms with van der Waals surface area (Å²) in [6, 6.07) is 15.7. The molecule has 0 saturated carbocycles. The van der Waals surface area contributed by atoms with Crippen LogP contribution < -0.4 is 14.8 Å². The van der Waals surface area contributed by atoms with E-state index in [0.717, 1.165) is 5.56 Å². The van der Waals surface area contributed by atoms with Gasteiger partial charge >= 0.3 is 5.97 Å². The Morgan fingerprint density at radius 2 is 1.69 bits per heavy atom. The molecule has 0 aliphatic rings. The lowest BCUT2D eigenvalue weighted by Crippen LogP contribution is -2.34. The maximum absolute atomic E-state index is 12.2. The first-order valence-corrected chi connectivity index (χ1v) is 8.39. The van der Waals surface area contributed by atoms with Crippen LogP contribution in [0, 0.1) is 0 Å².